The summed E-state index contributed by atoms with van der Waals surface area (Å²) in [4.78, 5) is 24.2. The standard InChI is InChI=1S/C11H16N2O4/c1-11(2,3)17-10(15)13-6-7(8(13)5-12)9(14)16-4/h7-8H,6H2,1-4H3/t7-,8+/m1/s1. The first kappa shape index (κ1) is 13.3. The predicted molar refractivity (Wildman–Crippen MR) is 57.8 cm³/mol. The summed E-state index contributed by atoms with van der Waals surface area (Å²) in [6.07, 6.45) is -0.579. The number of carbonyl (C=O) groups excluding carboxylic acids is 2. The predicted octanol–water partition coefficient (Wildman–Crippen LogP) is 0.918. The highest BCUT2D eigenvalue weighted by atomic mass is 16.6. The highest BCUT2D eigenvalue weighted by molar-refractivity contribution is 5.80. The molecule has 0 bridgehead atoms. The Balaban J connectivity index is 2.63. The van der Waals surface area contributed by atoms with Gasteiger partial charge in [-0.15, -0.1) is 0 Å². The van der Waals surface area contributed by atoms with Gasteiger partial charge >= 0.3 is 12.1 Å². The lowest BCUT2D eigenvalue weighted by molar-refractivity contribution is -0.153. The molecule has 1 fully saturated rings. The van der Waals surface area contributed by atoms with Crippen LogP contribution in [0.2, 0.25) is 0 Å². The van der Waals surface area contributed by atoms with E-state index in [0.29, 0.717) is 0 Å². The Labute approximate surface area is 100 Å². The van der Waals surface area contributed by atoms with E-state index in [0.717, 1.165) is 0 Å². The molecule has 0 aromatic rings. The van der Waals surface area contributed by atoms with Gasteiger partial charge in [0.1, 0.15) is 17.6 Å². The number of ether oxygens (including phenoxy) is 2. The maximum Gasteiger partial charge on any atom is 0.411 e. The number of esters is 1. The van der Waals surface area contributed by atoms with E-state index >= 15 is 0 Å². The molecule has 1 saturated heterocycles. The molecular weight excluding hydrogens is 224 g/mol. The molecule has 2 atom stereocenters. The first-order valence-corrected chi connectivity index (χ1v) is 5.27. The Hall–Kier alpha value is -1.77. The number of nitrogens with zero attached hydrogens (tertiary/aromatic N) is 2. The van der Waals surface area contributed by atoms with Gasteiger partial charge in [-0.1, -0.05) is 0 Å². The summed E-state index contributed by atoms with van der Waals surface area (Å²) < 4.78 is 9.67. The maximum absolute atomic E-state index is 11.7. The minimum absolute atomic E-state index is 0.166. The largest absolute Gasteiger partial charge is 0.469 e. The van der Waals surface area contributed by atoms with Crippen LogP contribution in [0.4, 0.5) is 4.79 Å². The fourth-order valence-corrected chi connectivity index (χ4v) is 1.53. The number of rotatable bonds is 1. The van der Waals surface area contributed by atoms with Crippen LogP contribution in [0.5, 0.6) is 0 Å². The fourth-order valence-electron chi connectivity index (χ4n) is 1.53. The van der Waals surface area contributed by atoms with Gasteiger partial charge in [0.2, 0.25) is 0 Å². The molecule has 0 aromatic heterocycles. The summed E-state index contributed by atoms with van der Waals surface area (Å²) >= 11 is 0. The number of hydrogen-bond donors (Lipinski definition) is 0. The normalized spacial score (nSPS) is 23.4. The number of carbonyl (C=O) groups is 2. The molecule has 17 heavy (non-hydrogen) atoms. The van der Waals surface area contributed by atoms with E-state index in [1.807, 2.05) is 6.07 Å². The van der Waals surface area contributed by atoms with Gasteiger partial charge in [-0.25, -0.2) is 4.79 Å². The van der Waals surface area contributed by atoms with Gasteiger partial charge in [-0.3, -0.25) is 9.69 Å². The molecule has 0 spiro atoms. The Morgan fingerprint density at radius 3 is 2.41 bits per heavy atom. The third-order valence-electron chi connectivity index (χ3n) is 2.37. The van der Waals surface area contributed by atoms with Crippen molar-refractivity contribution < 1.29 is 19.1 Å². The lowest BCUT2D eigenvalue weighted by Gasteiger charge is -2.42. The molecule has 1 aliphatic rings. The zero-order valence-corrected chi connectivity index (χ0v) is 10.4. The smallest absolute Gasteiger partial charge is 0.411 e. The number of amides is 1. The van der Waals surface area contributed by atoms with Crippen molar-refractivity contribution in [3.63, 3.8) is 0 Å². The molecule has 0 N–H and O–H groups in total. The third kappa shape index (κ3) is 2.87. The van der Waals surface area contributed by atoms with Crippen LogP contribution in [-0.4, -0.2) is 42.3 Å². The molecule has 0 radical (unpaired) electrons. The van der Waals surface area contributed by atoms with Crippen LogP contribution in [0.1, 0.15) is 20.8 Å². The molecule has 0 aromatic carbocycles. The molecule has 6 nitrogen and oxygen atoms in total. The molecule has 0 saturated carbocycles. The van der Waals surface area contributed by atoms with Crippen LogP contribution in [-0.2, 0) is 14.3 Å². The Morgan fingerprint density at radius 1 is 1.41 bits per heavy atom. The number of methoxy groups -OCH3 is 1. The summed E-state index contributed by atoms with van der Waals surface area (Å²) in [6, 6.07) is 1.11. The second-order valence-electron chi connectivity index (χ2n) is 4.84. The van der Waals surface area contributed by atoms with E-state index in [2.05, 4.69) is 4.74 Å². The second-order valence-corrected chi connectivity index (χ2v) is 4.84. The van der Waals surface area contributed by atoms with Crippen molar-refractivity contribution in [3.05, 3.63) is 0 Å². The molecule has 0 aliphatic carbocycles. The second kappa shape index (κ2) is 4.62. The quantitative estimate of drug-likeness (QED) is 0.637. The average Bonchev–Trinajstić information content (AvgIpc) is 2.13. The lowest BCUT2D eigenvalue weighted by atomic mass is 9.90. The molecule has 0 unspecified atom stereocenters. The van der Waals surface area contributed by atoms with E-state index in [1.54, 1.807) is 20.8 Å². The topological polar surface area (TPSA) is 79.6 Å². The van der Waals surface area contributed by atoms with Crippen molar-refractivity contribution >= 4 is 12.1 Å². The maximum atomic E-state index is 11.7. The number of likely N-dealkylation sites (tertiary alicyclic amines) is 1. The van der Waals surface area contributed by atoms with E-state index in [1.165, 1.54) is 12.0 Å². The molecule has 94 valence electrons. The van der Waals surface area contributed by atoms with Gasteiger partial charge in [0.25, 0.3) is 0 Å². The van der Waals surface area contributed by atoms with E-state index in [9.17, 15) is 9.59 Å². The van der Waals surface area contributed by atoms with Crippen molar-refractivity contribution in [1.29, 1.82) is 5.26 Å². The van der Waals surface area contributed by atoms with Gasteiger partial charge < -0.3 is 9.47 Å². The number of hydrogen-bond acceptors (Lipinski definition) is 5. The third-order valence-corrected chi connectivity index (χ3v) is 2.37. The molecule has 1 amide bonds. The fraction of sp³-hybridized carbons (Fsp3) is 0.727. The number of nitriles is 1. The van der Waals surface area contributed by atoms with Crippen molar-refractivity contribution in [2.24, 2.45) is 5.92 Å². The van der Waals surface area contributed by atoms with Crippen molar-refractivity contribution in [1.82, 2.24) is 4.90 Å². The van der Waals surface area contributed by atoms with Crippen LogP contribution in [0.25, 0.3) is 0 Å². The van der Waals surface area contributed by atoms with Crippen LogP contribution in [0, 0.1) is 17.2 Å². The van der Waals surface area contributed by atoms with Crippen LogP contribution >= 0.6 is 0 Å². The van der Waals surface area contributed by atoms with Gasteiger partial charge in [-0.05, 0) is 20.8 Å². The highest BCUT2D eigenvalue weighted by Crippen LogP contribution is 2.27. The summed E-state index contributed by atoms with van der Waals surface area (Å²) in [6.45, 7) is 5.39. The highest BCUT2D eigenvalue weighted by Gasteiger charge is 2.48. The SMILES string of the molecule is COC(=O)[C@@H]1CN(C(=O)OC(C)(C)C)[C@H]1C#N. The molecule has 6 heteroatoms. The zero-order chi connectivity index (χ0) is 13.2. The monoisotopic (exact) mass is 240 g/mol. The van der Waals surface area contributed by atoms with E-state index in [-0.39, 0.29) is 6.54 Å². The first-order valence-electron chi connectivity index (χ1n) is 5.27. The van der Waals surface area contributed by atoms with Crippen LogP contribution in [0.3, 0.4) is 0 Å². The summed E-state index contributed by atoms with van der Waals surface area (Å²) in [5.74, 6) is -1.05. The van der Waals surface area contributed by atoms with Gasteiger partial charge in [0.15, 0.2) is 0 Å². The first-order chi connectivity index (χ1) is 7.80. The van der Waals surface area contributed by atoms with E-state index < -0.39 is 29.6 Å². The minimum Gasteiger partial charge on any atom is -0.469 e. The summed E-state index contributed by atoms with van der Waals surface area (Å²) in [5, 5.41) is 8.91. The summed E-state index contributed by atoms with van der Waals surface area (Å²) in [7, 11) is 1.26. The van der Waals surface area contributed by atoms with Crippen molar-refractivity contribution in [3.8, 4) is 6.07 Å². The Morgan fingerprint density at radius 2 is 2.00 bits per heavy atom. The molecular formula is C11H16N2O4. The average molecular weight is 240 g/mol. The van der Waals surface area contributed by atoms with Crippen LogP contribution in [0.15, 0.2) is 0 Å². The lowest BCUT2D eigenvalue weighted by Crippen LogP contribution is -2.61. The van der Waals surface area contributed by atoms with Crippen molar-refractivity contribution in [2.75, 3.05) is 13.7 Å². The zero-order valence-electron chi connectivity index (χ0n) is 10.4. The summed E-state index contributed by atoms with van der Waals surface area (Å²) in [5.41, 5.74) is -0.618. The van der Waals surface area contributed by atoms with E-state index in [4.69, 9.17) is 10.00 Å². The molecule has 1 aliphatic heterocycles. The minimum atomic E-state index is -0.794. The van der Waals surface area contributed by atoms with Crippen LogP contribution < -0.4 is 0 Å². The van der Waals surface area contributed by atoms with Gasteiger partial charge in [0.05, 0.1) is 13.2 Å². The Bertz CT molecular complexity index is 367. The molecule has 1 heterocycles. The van der Waals surface area contributed by atoms with Gasteiger partial charge in [0, 0.05) is 6.54 Å². The molecule has 1 rings (SSSR count). The van der Waals surface area contributed by atoms with Crippen molar-refractivity contribution in [2.45, 2.75) is 32.4 Å². The van der Waals surface area contributed by atoms with Gasteiger partial charge in [-0.2, -0.15) is 5.26 Å². The Kier molecular flexibility index (Phi) is 3.61.